The van der Waals surface area contributed by atoms with Gasteiger partial charge in [-0.1, -0.05) is 0 Å². The summed E-state index contributed by atoms with van der Waals surface area (Å²) in [5, 5.41) is 3.14. The first-order valence-corrected chi connectivity index (χ1v) is 7.28. The lowest BCUT2D eigenvalue weighted by atomic mass is 10.1. The zero-order valence-corrected chi connectivity index (χ0v) is 12.3. The highest BCUT2D eigenvalue weighted by Crippen LogP contribution is 2.15. The predicted octanol–water partition coefficient (Wildman–Crippen LogP) is 0.457. The second-order valence-electron chi connectivity index (χ2n) is 4.31. The van der Waals surface area contributed by atoms with E-state index >= 15 is 0 Å². The molecule has 1 saturated heterocycles. The highest BCUT2D eigenvalue weighted by Gasteiger charge is 2.29. The third-order valence-corrected chi connectivity index (χ3v) is 5.04. The zero-order chi connectivity index (χ0) is 12.2. The molecule has 7 heteroatoms. The van der Waals surface area contributed by atoms with Crippen molar-refractivity contribution in [3.63, 3.8) is 0 Å². The van der Waals surface area contributed by atoms with E-state index in [2.05, 4.69) is 5.32 Å². The maximum Gasteiger partial charge on any atom is 0.216 e. The van der Waals surface area contributed by atoms with E-state index < -0.39 is 10.0 Å². The first-order chi connectivity index (χ1) is 7.49. The van der Waals surface area contributed by atoms with Crippen LogP contribution in [0.2, 0.25) is 0 Å². The Labute approximate surface area is 110 Å². The van der Waals surface area contributed by atoms with Crippen molar-refractivity contribution in [3.05, 3.63) is 0 Å². The van der Waals surface area contributed by atoms with Crippen LogP contribution in [0.15, 0.2) is 0 Å². The maximum absolute atomic E-state index is 12.0. The van der Waals surface area contributed by atoms with Crippen LogP contribution in [0.4, 0.5) is 0 Å². The molecule has 2 unspecified atom stereocenters. The van der Waals surface area contributed by atoms with Gasteiger partial charge in [-0.05, 0) is 26.8 Å². The molecule has 0 aromatic carbocycles. The van der Waals surface area contributed by atoms with Crippen LogP contribution in [-0.2, 0) is 14.8 Å². The van der Waals surface area contributed by atoms with Crippen LogP contribution in [0.5, 0.6) is 0 Å². The fourth-order valence-corrected chi connectivity index (χ4v) is 3.66. The van der Waals surface area contributed by atoms with Crippen molar-refractivity contribution in [1.29, 1.82) is 0 Å². The molecule has 0 bridgehead atoms. The van der Waals surface area contributed by atoms with Crippen molar-refractivity contribution in [3.8, 4) is 0 Å². The lowest BCUT2D eigenvalue weighted by Gasteiger charge is -2.32. The summed E-state index contributed by atoms with van der Waals surface area (Å²) in [6.45, 7) is 2.99. The van der Waals surface area contributed by atoms with Gasteiger partial charge in [0, 0.05) is 26.2 Å². The molecule has 1 N–H and O–H groups in total. The molecular weight excluding hydrogens is 264 g/mol. The molecule has 1 aliphatic heterocycles. The molecule has 0 aliphatic carbocycles. The molecule has 1 rings (SSSR count). The van der Waals surface area contributed by atoms with Gasteiger partial charge in [-0.3, -0.25) is 0 Å². The summed E-state index contributed by atoms with van der Waals surface area (Å²) < 4.78 is 30.7. The number of halogens is 1. The second-order valence-corrected chi connectivity index (χ2v) is 6.32. The Kier molecular flexibility index (Phi) is 7.58. The average molecular weight is 287 g/mol. The lowest BCUT2D eigenvalue weighted by Crippen LogP contribution is -2.48. The van der Waals surface area contributed by atoms with Crippen LogP contribution in [-0.4, -0.2) is 57.9 Å². The van der Waals surface area contributed by atoms with Crippen LogP contribution in [0.25, 0.3) is 0 Å². The molecule has 17 heavy (non-hydrogen) atoms. The highest BCUT2D eigenvalue weighted by atomic mass is 35.5. The number of likely N-dealkylation sites (N-methyl/N-ethyl adjacent to an activating group) is 1. The van der Waals surface area contributed by atoms with E-state index in [-0.39, 0.29) is 30.3 Å². The number of nitrogens with one attached hydrogen (secondary N) is 1. The molecule has 5 nitrogen and oxygen atoms in total. The molecule has 2 atom stereocenters. The van der Waals surface area contributed by atoms with Gasteiger partial charge in [-0.25, -0.2) is 12.7 Å². The van der Waals surface area contributed by atoms with Crippen LogP contribution in [0.1, 0.15) is 19.8 Å². The van der Waals surface area contributed by atoms with Crippen molar-refractivity contribution >= 4 is 22.4 Å². The molecular formula is C10H23ClN2O3S. The molecule has 1 fully saturated rings. The van der Waals surface area contributed by atoms with E-state index in [0.717, 1.165) is 12.8 Å². The van der Waals surface area contributed by atoms with E-state index in [1.54, 1.807) is 11.2 Å². The fraction of sp³-hybridized carbons (Fsp3) is 1.00. The number of rotatable bonds is 5. The van der Waals surface area contributed by atoms with E-state index in [4.69, 9.17) is 4.74 Å². The molecule has 104 valence electrons. The Hall–Kier alpha value is 0.120. The van der Waals surface area contributed by atoms with Gasteiger partial charge in [0.2, 0.25) is 10.0 Å². The maximum atomic E-state index is 12.0. The molecule has 0 aromatic rings. The van der Waals surface area contributed by atoms with Crippen molar-refractivity contribution in [2.24, 2.45) is 0 Å². The van der Waals surface area contributed by atoms with E-state index in [1.807, 2.05) is 7.05 Å². The number of sulfonamides is 1. The minimum absolute atomic E-state index is 0. The number of nitrogens with zero attached hydrogens (tertiary/aromatic N) is 1. The highest BCUT2D eigenvalue weighted by molar-refractivity contribution is 7.89. The molecule has 0 saturated carbocycles. The molecule has 0 aromatic heterocycles. The van der Waals surface area contributed by atoms with Crippen molar-refractivity contribution < 1.29 is 13.2 Å². The number of ether oxygens (including phenoxy) is 1. The summed E-state index contributed by atoms with van der Waals surface area (Å²) in [5.74, 6) is 0.0694. The van der Waals surface area contributed by atoms with E-state index in [9.17, 15) is 8.42 Å². The molecule has 0 spiro atoms. The predicted molar refractivity (Wildman–Crippen MR) is 71.2 cm³/mol. The SMILES string of the molecule is CNC1CCCN(S(=O)(=O)CC(C)OC)C1.Cl. The van der Waals surface area contributed by atoms with Gasteiger partial charge < -0.3 is 10.1 Å². The normalized spacial score (nSPS) is 24.1. The summed E-state index contributed by atoms with van der Waals surface area (Å²) in [6.07, 6.45) is 1.72. The molecule has 1 heterocycles. The van der Waals surface area contributed by atoms with Gasteiger partial charge >= 0.3 is 0 Å². The van der Waals surface area contributed by atoms with Crippen molar-refractivity contribution in [2.75, 3.05) is 33.0 Å². The molecule has 1 aliphatic rings. The fourth-order valence-electron chi connectivity index (χ4n) is 1.90. The third-order valence-electron chi connectivity index (χ3n) is 3.03. The second kappa shape index (κ2) is 7.53. The molecule has 0 radical (unpaired) electrons. The van der Waals surface area contributed by atoms with Gasteiger partial charge in [0.15, 0.2) is 0 Å². The monoisotopic (exact) mass is 286 g/mol. The summed E-state index contributed by atoms with van der Waals surface area (Å²) >= 11 is 0. The Morgan fingerprint density at radius 1 is 1.53 bits per heavy atom. The zero-order valence-electron chi connectivity index (χ0n) is 10.7. The first-order valence-electron chi connectivity index (χ1n) is 5.67. The summed E-state index contributed by atoms with van der Waals surface area (Å²) in [6, 6.07) is 0.279. The van der Waals surface area contributed by atoms with Crippen LogP contribution < -0.4 is 5.32 Å². The third kappa shape index (κ3) is 5.09. The number of piperidine rings is 1. The van der Waals surface area contributed by atoms with E-state index in [0.29, 0.717) is 13.1 Å². The van der Waals surface area contributed by atoms with Crippen molar-refractivity contribution in [2.45, 2.75) is 31.9 Å². The van der Waals surface area contributed by atoms with Gasteiger partial charge in [-0.2, -0.15) is 0 Å². The topological polar surface area (TPSA) is 58.6 Å². The van der Waals surface area contributed by atoms with Gasteiger partial charge in [0.25, 0.3) is 0 Å². The Balaban J connectivity index is 0.00000256. The van der Waals surface area contributed by atoms with E-state index in [1.165, 1.54) is 7.11 Å². The Morgan fingerprint density at radius 3 is 2.71 bits per heavy atom. The van der Waals surface area contributed by atoms with Crippen molar-refractivity contribution in [1.82, 2.24) is 9.62 Å². The van der Waals surface area contributed by atoms with Crippen LogP contribution >= 0.6 is 12.4 Å². The minimum atomic E-state index is -3.17. The van der Waals surface area contributed by atoms with Gasteiger partial charge in [0.1, 0.15) is 0 Å². The summed E-state index contributed by atoms with van der Waals surface area (Å²) in [5.41, 5.74) is 0. The largest absolute Gasteiger partial charge is 0.381 e. The number of methoxy groups -OCH3 is 1. The Morgan fingerprint density at radius 2 is 2.18 bits per heavy atom. The van der Waals surface area contributed by atoms with Crippen LogP contribution in [0, 0.1) is 0 Å². The number of hydrogen-bond acceptors (Lipinski definition) is 4. The standard InChI is InChI=1S/C10H22N2O3S.ClH/c1-9(15-3)8-16(13,14)12-6-4-5-10(7-12)11-2;/h9-11H,4-8H2,1-3H3;1H. The summed E-state index contributed by atoms with van der Waals surface area (Å²) in [7, 11) is 0.239. The molecule has 0 amide bonds. The van der Waals surface area contributed by atoms with Gasteiger partial charge in [0.05, 0.1) is 11.9 Å². The average Bonchev–Trinajstić information content (AvgIpc) is 2.28. The smallest absolute Gasteiger partial charge is 0.216 e. The quantitative estimate of drug-likeness (QED) is 0.798. The first kappa shape index (κ1) is 17.1. The van der Waals surface area contributed by atoms with Gasteiger partial charge in [-0.15, -0.1) is 12.4 Å². The van der Waals surface area contributed by atoms with Crippen LogP contribution in [0.3, 0.4) is 0 Å². The summed E-state index contributed by atoms with van der Waals surface area (Å²) in [4.78, 5) is 0. The lowest BCUT2D eigenvalue weighted by molar-refractivity contribution is 0.134. The Bertz CT molecular complexity index is 311. The minimum Gasteiger partial charge on any atom is -0.381 e. The number of hydrogen-bond donors (Lipinski definition) is 1.